The highest BCUT2D eigenvalue weighted by Crippen LogP contribution is 2.17. The van der Waals surface area contributed by atoms with Crippen molar-refractivity contribution in [3.63, 3.8) is 0 Å². The summed E-state index contributed by atoms with van der Waals surface area (Å²) in [5.41, 5.74) is 3.15. The fourth-order valence-corrected chi connectivity index (χ4v) is 2.87. The predicted octanol–water partition coefficient (Wildman–Crippen LogP) is 4.50. The molecule has 0 radical (unpaired) electrons. The SMILES string of the molecule is Cc1ccccc1OCC(=O)Nc1ccc(C(=O)NC(C)c2ccccc2)cc1. The number of carbonyl (C=O) groups is 2. The Kier molecular flexibility index (Phi) is 6.63. The van der Waals surface area contributed by atoms with E-state index in [0.29, 0.717) is 17.0 Å². The van der Waals surface area contributed by atoms with Crippen LogP contribution in [0.5, 0.6) is 5.75 Å². The van der Waals surface area contributed by atoms with E-state index in [-0.39, 0.29) is 24.5 Å². The normalized spacial score (nSPS) is 11.4. The molecule has 0 aliphatic heterocycles. The van der Waals surface area contributed by atoms with Gasteiger partial charge in [0.05, 0.1) is 6.04 Å². The Labute approximate surface area is 170 Å². The maximum atomic E-state index is 12.4. The third-order valence-corrected chi connectivity index (χ3v) is 4.53. The quantitative estimate of drug-likeness (QED) is 0.626. The Bertz CT molecular complexity index is 969. The summed E-state index contributed by atoms with van der Waals surface area (Å²) >= 11 is 0. The molecule has 0 spiro atoms. The van der Waals surface area contributed by atoms with Crippen molar-refractivity contribution in [3.05, 3.63) is 95.6 Å². The van der Waals surface area contributed by atoms with Crippen LogP contribution < -0.4 is 15.4 Å². The first-order valence-corrected chi connectivity index (χ1v) is 9.47. The van der Waals surface area contributed by atoms with Gasteiger partial charge < -0.3 is 15.4 Å². The first-order valence-electron chi connectivity index (χ1n) is 9.47. The highest BCUT2D eigenvalue weighted by molar-refractivity contribution is 5.96. The summed E-state index contributed by atoms with van der Waals surface area (Å²) in [6.07, 6.45) is 0. The average molecular weight is 388 g/mol. The van der Waals surface area contributed by atoms with Crippen LogP contribution in [0.1, 0.15) is 34.5 Å². The zero-order chi connectivity index (χ0) is 20.6. The number of ether oxygens (including phenoxy) is 1. The van der Waals surface area contributed by atoms with Crippen LogP contribution in [-0.4, -0.2) is 18.4 Å². The molecule has 0 heterocycles. The molecule has 3 rings (SSSR count). The summed E-state index contributed by atoms with van der Waals surface area (Å²) in [6, 6.07) is 24.0. The van der Waals surface area contributed by atoms with E-state index in [1.165, 1.54) is 0 Å². The van der Waals surface area contributed by atoms with Gasteiger partial charge in [0.15, 0.2) is 6.61 Å². The number of nitrogens with one attached hydrogen (secondary N) is 2. The monoisotopic (exact) mass is 388 g/mol. The van der Waals surface area contributed by atoms with Crippen molar-refractivity contribution in [2.24, 2.45) is 0 Å². The van der Waals surface area contributed by atoms with Crippen molar-refractivity contribution in [2.75, 3.05) is 11.9 Å². The van der Waals surface area contributed by atoms with Gasteiger partial charge in [0.25, 0.3) is 11.8 Å². The Morgan fingerprint density at radius 2 is 1.55 bits per heavy atom. The largest absolute Gasteiger partial charge is 0.483 e. The van der Waals surface area contributed by atoms with Crippen molar-refractivity contribution in [3.8, 4) is 5.75 Å². The molecule has 0 saturated heterocycles. The van der Waals surface area contributed by atoms with Gasteiger partial charge in [0.1, 0.15) is 5.75 Å². The summed E-state index contributed by atoms with van der Waals surface area (Å²) in [7, 11) is 0. The standard InChI is InChI=1S/C24H24N2O3/c1-17-8-6-7-11-22(17)29-16-23(27)26-21-14-12-20(13-15-21)24(28)25-18(2)19-9-4-3-5-10-19/h3-15,18H,16H2,1-2H3,(H,25,28)(H,26,27). The molecule has 2 amide bonds. The molecule has 29 heavy (non-hydrogen) atoms. The maximum absolute atomic E-state index is 12.4. The third-order valence-electron chi connectivity index (χ3n) is 4.53. The second kappa shape index (κ2) is 9.55. The predicted molar refractivity (Wildman–Crippen MR) is 114 cm³/mol. The molecular weight excluding hydrogens is 364 g/mol. The molecule has 5 nitrogen and oxygen atoms in total. The van der Waals surface area contributed by atoms with Crippen molar-refractivity contribution >= 4 is 17.5 Å². The van der Waals surface area contributed by atoms with Crippen LogP contribution in [0.15, 0.2) is 78.9 Å². The molecule has 3 aromatic carbocycles. The van der Waals surface area contributed by atoms with E-state index in [4.69, 9.17) is 4.74 Å². The van der Waals surface area contributed by atoms with Crippen LogP contribution in [0.2, 0.25) is 0 Å². The van der Waals surface area contributed by atoms with Gasteiger partial charge in [-0.3, -0.25) is 9.59 Å². The lowest BCUT2D eigenvalue weighted by Gasteiger charge is -2.14. The lowest BCUT2D eigenvalue weighted by molar-refractivity contribution is -0.118. The summed E-state index contributed by atoms with van der Waals surface area (Å²) in [5.74, 6) is 0.257. The molecule has 2 N–H and O–H groups in total. The topological polar surface area (TPSA) is 67.4 Å². The Morgan fingerprint density at radius 1 is 0.897 bits per heavy atom. The Hall–Kier alpha value is -3.60. The van der Waals surface area contributed by atoms with Gasteiger partial charge in [0.2, 0.25) is 0 Å². The molecule has 0 saturated carbocycles. The molecule has 1 unspecified atom stereocenters. The Balaban J connectivity index is 1.52. The van der Waals surface area contributed by atoms with Crippen molar-refractivity contribution in [2.45, 2.75) is 19.9 Å². The van der Waals surface area contributed by atoms with Crippen LogP contribution in [0.4, 0.5) is 5.69 Å². The van der Waals surface area contributed by atoms with E-state index < -0.39 is 0 Å². The zero-order valence-corrected chi connectivity index (χ0v) is 16.5. The number of rotatable bonds is 7. The minimum absolute atomic E-state index is 0.0817. The summed E-state index contributed by atoms with van der Waals surface area (Å²) in [6.45, 7) is 3.79. The smallest absolute Gasteiger partial charge is 0.262 e. The van der Waals surface area contributed by atoms with Crippen molar-refractivity contribution in [1.82, 2.24) is 5.32 Å². The fourth-order valence-electron chi connectivity index (χ4n) is 2.87. The van der Waals surface area contributed by atoms with Gasteiger partial charge in [0, 0.05) is 11.3 Å². The third kappa shape index (κ3) is 5.69. The van der Waals surface area contributed by atoms with E-state index >= 15 is 0 Å². The number of benzene rings is 3. The summed E-state index contributed by atoms with van der Waals surface area (Å²) in [4.78, 5) is 24.5. The van der Waals surface area contributed by atoms with Crippen LogP contribution in [0, 0.1) is 6.92 Å². The number of amides is 2. The molecule has 0 aliphatic carbocycles. The first kappa shape index (κ1) is 20.1. The lowest BCUT2D eigenvalue weighted by Crippen LogP contribution is -2.26. The number of aryl methyl sites for hydroxylation is 1. The van der Waals surface area contributed by atoms with Crippen molar-refractivity contribution in [1.29, 1.82) is 0 Å². The maximum Gasteiger partial charge on any atom is 0.262 e. The van der Waals surface area contributed by atoms with E-state index in [1.54, 1.807) is 24.3 Å². The molecule has 0 aromatic heterocycles. The number of hydrogen-bond acceptors (Lipinski definition) is 3. The van der Waals surface area contributed by atoms with Gasteiger partial charge in [-0.25, -0.2) is 0 Å². The molecule has 0 aliphatic rings. The molecular formula is C24H24N2O3. The van der Waals surface area contributed by atoms with Crippen LogP contribution >= 0.6 is 0 Å². The zero-order valence-electron chi connectivity index (χ0n) is 16.5. The minimum Gasteiger partial charge on any atom is -0.483 e. The second-order valence-corrected chi connectivity index (χ2v) is 6.79. The van der Waals surface area contributed by atoms with E-state index in [9.17, 15) is 9.59 Å². The van der Waals surface area contributed by atoms with Gasteiger partial charge in [-0.2, -0.15) is 0 Å². The summed E-state index contributed by atoms with van der Waals surface area (Å²) in [5, 5.41) is 5.74. The van der Waals surface area contributed by atoms with Gasteiger partial charge in [-0.15, -0.1) is 0 Å². The summed E-state index contributed by atoms with van der Waals surface area (Å²) < 4.78 is 5.54. The van der Waals surface area contributed by atoms with Crippen LogP contribution in [0.25, 0.3) is 0 Å². The van der Waals surface area contributed by atoms with E-state index in [0.717, 1.165) is 11.1 Å². The number of anilines is 1. The van der Waals surface area contributed by atoms with Crippen LogP contribution in [-0.2, 0) is 4.79 Å². The molecule has 3 aromatic rings. The molecule has 5 heteroatoms. The fraction of sp³-hybridized carbons (Fsp3) is 0.167. The number of hydrogen-bond donors (Lipinski definition) is 2. The molecule has 148 valence electrons. The highest BCUT2D eigenvalue weighted by Gasteiger charge is 2.12. The lowest BCUT2D eigenvalue weighted by atomic mass is 10.1. The first-order chi connectivity index (χ1) is 14.0. The minimum atomic E-state index is -0.261. The molecule has 0 bridgehead atoms. The van der Waals surface area contributed by atoms with Crippen LogP contribution in [0.3, 0.4) is 0 Å². The number of carbonyl (C=O) groups excluding carboxylic acids is 2. The average Bonchev–Trinajstić information content (AvgIpc) is 2.74. The van der Waals surface area contributed by atoms with Gasteiger partial charge in [-0.05, 0) is 55.3 Å². The van der Waals surface area contributed by atoms with E-state index in [1.807, 2.05) is 68.4 Å². The molecule has 0 fully saturated rings. The number of para-hydroxylation sites is 1. The van der Waals surface area contributed by atoms with Crippen molar-refractivity contribution < 1.29 is 14.3 Å². The second-order valence-electron chi connectivity index (χ2n) is 6.79. The Morgan fingerprint density at radius 3 is 2.24 bits per heavy atom. The van der Waals surface area contributed by atoms with E-state index in [2.05, 4.69) is 10.6 Å². The van der Waals surface area contributed by atoms with Gasteiger partial charge in [-0.1, -0.05) is 48.5 Å². The van der Waals surface area contributed by atoms with Gasteiger partial charge >= 0.3 is 0 Å². The molecule has 1 atom stereocenters. The highest BCUT2D eigenvalue weighted by atomic mass is 16.5.